The van der Waals surface area contributed by atoms with Crippen molar-refractivity contribution in [2.75, 3.05) is 17.7 Å². The van der Waals surface area contributed by atoms with E-state index in [0.29, 0.717) is 28.4 Å². The highest BCUT2D eigenvalue weighted by Gasteiger charge is 2.43. The molecular weight excluding hydrogens is 402 g/mol. The van der Waals surface area contributed by atoms with Crippen molar-refractivity contribution in [1.29, 1.82) is 5.41 Å². The molecule has 0 radical (unpaired) electrons. The lowest BCUT2D eigenvalue weighted by atomic mass is 9.86. The van der Waals surface area contributed by atoms with E-state index in [9.17, 15) is 5.11 Å². The number of aliphatic hydroxyl groups excluding tert-OH is 1. The zero-order chi connectivity index (χ0) is 21.6. The number of anilines is 2. The summed E-state index contributed by atoms with van der Waals surface area (Å²) >= 11 is 6.50. The molecule has 1 aromatic carbocycles. The Labute approximate surface area is 180 Å². The van der Waals surface area contributed by atoms with E-state index in [0.717, 1.165) is 23.8 Å². The molecule has 1 fully saturated rings. The van der Waals surface area contributed by atoms with Gasteiger partial charge in [-0.3, -0.25) is 0 Å². The number of nitrogens with two attached hydrogens (primary N) is 1. The van der Waals surface area contributed by atoms with Crippen LogP contribution in [0.3, 0.4) is 0 Å². The molecule has 1 aliphatic rings. The fourth-order valence-corrected chi connectivity index (χ4v) is 4.61. The predicted octanol–water partition coefficient (Wildman–Crippen LogP) is 4.72. The van der Waals surface area contributed by atoms with Crippen molar-refractivity contribution in [3.8, 4) is 11.3 Å². The van der Waals surface area contributed by atoms with Gasteiger partial charge in [0.05, 0.1) is 5.56 Å². The highest BCUT2D eigenvalue weighted by molar-refractivity contribution is 6.32. The Hall–Kier alpha value is -2.64. The van der Waals surface area contributed by atoms with Crippen molar-refractivity contribution in [3.05, 3.63) is 35.0 Å². The van der Waals surface area contributed by atoms with Gasteiger partial charge in [-0.2, -0.15) is 4.98 Å². The van der Waals surface area contributed by atoms with Crippen molar-refractivity contribution in [3.63, 3.8) is 0 Å². The van der Waals surface area contributed by atoms with Crippen LogP contribution in [0.15, 0.2) is 28.7 Å². The van der Waals surface area contributed by atoms with Crippen molar-refractivity contribution >= 4 is 40.0 Å². The molecule has 1 aliphatic carbocycles. The summed E-state index contributed by atoms with van der Waals surface area (Å²) in [4.78, 5) is 8.57. The second kappa shape index (κ2) is 7.56. The van der Waals surface area contributed by atoms with E-state index in [1.165, 1.54) is 0 Å². The molecule has 3 unspecified atom stereocenters. The molecule has 3 atom stereocenters. The van der Waals surface area contributed by atoms with Crippen LogP contribution in [0.25, 0.3) is 22.3 Å². The van der Waals surface area contributed by atoms with Crippen LogP contribution in [-0.4, -0.2) is 32.9 Å². The highest BCUT2D eigenvalue weighted by atomic mass is 35.5. The maximum absolute atomic E-state index is 9.67. The van der Waals surface area contributed by atoms with Gasteiger partial charge in [0, 0.05) is 23.2 Å². The van der Waals surface area contributed by atoms with Crippen LogP contribution in [-0.2, 0) is 0 Å². The number of hydrogen-bond donors (Lipinski definition) is 4. The summed E-state index contributed by atoms with van der Waals surface area (Å²) in [5, 5.41) is 22.1. The lowest BCUT2D eigenvalue weighted by Crippen LogP contribution is -2.40. The summed E-state index contributed by atoms with van der Waals surface area (Å²) in [6.45, 7) is 6.17. The molecule has 7 nitrogen and oxygen atoms in total. The Kier molecular flexibility index (Phi) is 5.20. The van der Waals surface area contributed by atoms with Gasteiger partial charge < -0.3 is 26.0 Å². The third kappa shape index (κ3) is 3.52. The van der Waals surface area contributed by atoms with Crippen molar-refractivity contribution in [1.82, 2.24) is 9.97 Å². The number of nitrogens with one attached hydrogen (secondary N) is 2. The molecule has 1 saturated carbocycles. The Morgan fingerprint density at radius 2 is 2.17 bits per heavy atom. The number of nitrogens with zero attached hydrogens (tertiary/aromatic N) is 2. The molecule has 0 spiro atoms. The average molecular weight is 428 g/mol. The quantitative estimate of drug-likeness (QED) is 0.345. The minimum absolute atomic E-state index is 0.0806. The van der Waals surface area contributed by atoms with Crippen LogP contribution < -0.4 is 11.1 Å². The van der Waals surface area contributed by atoms with E-state index in [-0.39, 0.29) is 35.1 Å². The summed E-state index contributed by atoms with van der Waals surface area (Å²) in [5.41, 5.74) is 8.18. The number of rotatable bonds is 5. The first-order valence-corrected chi connectivity index (χ1v) is 10.4. The highest BCUT2D eigenvalue weighted by Crippen LogP contribution is 2.44. The van der Waals surface area contributed by atoms with Crippen molar-refractivity contribution in [2.24, 2.45) is 11.8 Å². The predicted molar refractivity (Wildman–Crippen MR) is 120 cm³/mol. The number of halogens is 1. The molecule has 3 aromatic rings. The van der Waals surface area contributed by atoms with Gasteiger partial charge in [-0.15, -0.1) is 0 Å². The van der Waals surface area contributed by atoms with Crippen LogP contribution in [0.1, 0.15) is 39.2 Å². The fourth-order valence-electron chi connectivity index (χ4n) is 4.34. The molecule has 2 aromatic heterocycles. The smallest absolute Gasteiger partial charge is 0.223 e. The third-order valence-electron chi connectivity index (χ3n) is 6.46. The Morgan fingerprint density at radius 3 is 2.83 bits per heavy atom. The van der Waals surface area contributed by atoms with Crippen molar-refractivity contribution in [2.45, 2.75) is 39.2 Å². The first kappa shape index (κ1) is 20.6. The number of benzene rings is 1. The lowest BCUT2D eigenvalue weighted by molar-refractivity contribution is 0.187. The zero-order valence-corrected chi connectivity index (χ0v) is 18.0. The van der Waals surface area contributed by atoms with E-state index in [1.807, 2.05) is 24.3 Å². The van der Waals surface area contributed by atoms with Crippen LogP contribution in [0.2, 0.25) is 5.15 Å². The van der Waals surface area contributed by atoms with Crippen molar-refractivity contribution < 1.29 is 9.52 Å². The number of hydrogen-bond acceptors (Lipinski definition) is 7. The third-order valence-corrected chi connectivity index (χ3v) is 6.74. The molecule has 158 valence electrons. The summed E-state index contributed by atoms with van der Waals surface area (Å²) in [6.07, 6.45) is 1.82. The molecule has 0 aliphatic heterocycles. The van der Waals surface area contributed by atoms with Gasteiger partial charge in [-0.25, -0.2) is 4.98 Å². The number of nitrogen functional groups attached to an aromatic ring is 1. The number of fused-ring (bicyclic) bond motifs is 1. The second-order valence-corrected chi connectivity index (χ2v) is 8.75. The summed E-state index contributed by atoms with van der Waals surface area (Å²) in [5.74, 6) is 1.60. The maximum atomic E-state index is 9.67. The van der Waals surface area contributed by atoms with Gasteiger partial charge in [0.15, 0.2) is 0 Å². The molecular formula is C22H26ClN5O2. The van der Waals surface area contributed by atoms with Crippen LogP contribution >= 0.6 is 11.6 Å². The largest absolute Gasteiger partial charge is 0.456 e. The first-order chi connectivity index (χ1) is 14.2. The lowest BCUT2D eigenvalue weighted by Gasteiger charge is -2.33. The van der Waals surface area contributed by atoms with E-state index in [2.05, 4.69) is 29.1 Å². The second-order valence-electron chi connectivity index (χ2n) is 8.40. The molecule has 0 amide bonds. The first-order valence-electron chi connectivity index (χ1n) is 10.0. The standard InChI is InChI=1S/C22H26ClN5O2/c1-11-14(10-29)6-7-22(11,3)28-20-18(19(23)26-21(25)27-20)17-9-15-8-13(12(2)24)4-5-16(15)30-17/h4-5,8-9,11,14,24,29H,6-7,10H2,1-3H3,(H3,25,26,27,28). The monoisotopic (exact) mass is 427 g/mol. The number of aliphatic hydroxyl groups is 1. The minimum atomic E-state index is -0.275. The fraction of sp³-hybridized carbons (Fsp3) is 0.409. The Bertz CT molecular complexity index is 1130. The van der Waals surface area contributed by atoms with Gasteiger partial charge in [0.1, 0.15) is 22.3 Å². The molecule has 5 N–H and O–H groups in total. The Balaban J connectivity index is 1.79. The zero-order valence-electron chi connectivity index (χ0n) is 17.3. The summed E-state index contributed by atoms with van der Waals surface area (Å²) in [6, 6.07) is 7.49. The van der Waals surface area contributed by atoms with Gasteiger partial charge in [0.2, 0.25) is 5.95 Å². The normalized spacial score (nSPS) is 23.8. The van der Waals surface area contributed by atoms with E-state index >= 15 is 0 Å². The van der Waals surface area contributed by atoms with E-state index < -0.39 is 0 Å². The van der Waals surface area contributed by atoms with Gasteiger partial charge >= 0.3 is 0 Å². The van der Waals surface area contributed by atoms with Gasteiger partial charge in [-0.05, 0) is 68.4 Å². The Morgan fingerprint density at radius 1 is 1.40 bits per heavy atom. The molecule has 30 heavy (non-hydrogen) atoms. The van der Waals surface area contributed by atoms with E-state index in [1.54, 1.807) is 6.92 Å². The maximum Gasteiger partial charge on any atom is 0.223 e. The van der Waals surface area contributed by atoms with E-state index in [4.69, 9.17) is 27.2 Å². The summed E-state index contributed by atoms with van der Waals surface area (Å²) < 4.78 is 6.06. The molecule has 0 saturated heterocycles. The average Bonchev–Trinajstić information content (AvgIpc) is 3.21. The topological polar surface area (TPSA) is 121 Å². The number of aromatic nitrogens is 2. The van der Waals surface area contributed by atoms with Gasteiger partial charge in [0.25, 0.3) is 0 Å². The van der Waals surface area contributed by atoms with Crippen LogP contribution in [0.4, 0.5) is 11.8 Å². The van der Waals surface area contributed by atoms with Gasteiger partial charge in [-0.1, -0.05) is 18.5 Å². The SMILES string of the molecule is CC(=N)c1ccc2oc(-c3c(Cl)nc(N)nc3NC3(C)CCC(CO)C3C)cc2c1. The molecule has 0 bridgehead atoms. The molecule has 4 rings (SSSR count). The molecule has 8 heteroatoms. The number of furan rings is 1. The summed E-state index contributed by atoms with van der Waals surface area (Å²) in [7, 11) is 0. The minimum Gasteiger partial charge on any atom is -0.456 e. The van der Waals surface area contributed by atoms with Crippen LogP contribution in [0.5, 0.6) is 0 Å². The molecule has 2 heterocycles. The van der Waals surface area contributed by atoms with Crippen LogP contribution in [0, 0.1) is 17.2 Å².